The molecule has 0 radical (unpaired) electrons. The largest absolute Gasteiger partial charge is 0.462 e. The van der Waals surface area contributed by atoms with Gasteiger partial charge in [0.05, 0.1) is 22.3 Å². The minimum Gasteiger partial charge on any atom is -0.462 e. The highest BCUT2D eigenvalue weighted by Gasteiger charge is 2.48. The number of para-hydroxylation sites is 2. The van der Waals surface area contributed by atoms with Gasteiger partial charge in [-0.15, -0.1) is 0 Å². The number of pyridine rings is 1. The maximum absolute atomic E-state index is 14.3. The normalized spacial score (nSPS) is 15.8. The molecular formula is C24H27F3N6O4S. The third-order valence-corrected chi connectivity index (χ3v) is 7.60. The van der Waals surface area contributed by atoms with Crippen LogP contribution in [0.25, 0.3) is 11.0 Å². The summed E-state index contributed by atoms with van der Waals surface area (Å²) >= 11 is 0. The summed E-state index contributed by atoms with van der Waals surface area (Å²) in [6, 6.07) is 9.53. The van der Waals surface area contributed by atoms with Gasteiger partial charge in [0.1, 0.15) is 5.82 Å². The molecule has 0 saturated carbocycles. The van der Waals surface area contributed by atoms with E-state index >= 15 is 0 Å². The number of primary amides is 1. The summed E-state index contributed by atoms with van der Waals surface area (Å²) in [7, 11) is -3.87. The van der Waals surface area contributed by atoms with Crippen molar-refractivity contribution < 1.29 is 31.1 Å². The van der Waals surface area contributed by atoms with Crippen LogP contribution in [0, 0.1) is 5.92 Å². The van der Waals surface area contributed by atoms with Crippen LogP contribution in [0.5, 0.6) is 5.88 Å². The Balaban J connectivity index is 1.58. The van der Waals surface area contributed by atoms with Gasteiger partial charge in [-0.2, -0.15) is 13.2 Å². The molecule has 0 spiro atoms. The van der Waals surface area contributed by atoms with Crippen molar-refractivity contribution in [3.05, 3.63) is 48.2 Å². The number of aromatic nitrogens is 3. The lowest BCUT2D eigenvalue weighted by Crippen LogP contribution is -2.46. The molecule has 204 valence electrons. The molecule has 1 aliphatic rings. The summed E-state index contributed by atoms with van der Waals surface area (Å²) in [4.78, 5) is 25.6. The number of nitrogens with one attached hydrogen (secondary N) is 1. The maximum Gasteiger partial charge on any atom is 0.425 e. The first-order valence-electron chi connectivity index (χ1n) is 12.0. The molecule has 3 heterocycles. The van der Waals surface area contributed by atoms with Gasteiger partial charge < -0.3 is 15.4 Å². The van der Waals surface area contributed by atoms with Crippen molar-refractivity contribution in [2.24, 2.45) is 11.7 Å². The van der Waals surface area contributed by atoms with Crippen LogP contribution in [0.4, 0.5) is 24.8 Å². The molecule has 3 aromatic rings. The predicted octanol–water partition coefficient (Wildman–Crippen LogP) is 3.50. The van der Waals surface area contributed by atoms with E-state index in [2.05, 4.69) is 19.7 Å². The van der Waals surface area contributed by atoms with E-state index in [0.717, 1.165) is 0 Å². The smallest absolute Gasteiger partial charge is 0.425 e. The van der Waals surface area contributed by atoms with Crippen LogP contribution in [0.3, 0.4) is 0 Å². The number of nitrogens with two attached hydrogens (primary N) is 1. The predicted molar refractivity (Wildman–Crippen MR) is 135 cm³/mol. The lowest BCUT2D eigenvalue weighted by Gasteiger charge is -2.37. The molecule has 14 heteroatoms. The van der Waals surface area contributed by atoms with Gasteiger partial charge in [-0.25, -0.2) is 23.4 Å². The van der Waals surface area contributed by atoms with Gasteiger partial charge in [-0.05, 0) is 43.5 Å². The van der Waals surface area contributed by atoms with Gasteiger partial charge in [0, 0.05) is 25.2 Å². The number of hydrogen-bond acceptors (Lipinski definition) is 8. The molecule has 1 atom stereocenters. The first-order chi connectivity index (χ1) is 18.0. The van der Waals surface area contributed by atoms with E-state index in [9.17, 15) is 26.4 Å². The van der Waals surface area contributed by atoms with E-state index in [1.165, 1.54) is 12.3 Å². The second-order valence-corrected chi connectivity index (χ2v) is 10.8. The third-order valence-electron chi connectivity index (χ3n) is 6.15. The number of alkyl halides is 3. The number of rotatable bonds is 9. The van der Waals surface area contributed by atoms with Gasteiger partial charge in [0.2, 0.25) is 21.7 Å². The standard InChI is InChI=1S/C24H27F3N6O4S/c1-2-13-38(35,36)32-22-23(31-18-6-4-3-5-17(18)30-22)37-20(24(25,26)27)15-9-11-33(12-10-15)19-8-7-16(14-29-19)21(28)34/h3-8,14-15,20H,2,9-13H2,1H3,(H2,28,34)(H,30,32). The van der Waals surface area contributed by atoms with Crippen LogP contribution in [-0.2, 0) is 10.0 Å². The van der Waals surface area contributed by atoms with E-state index in [0.29, 0.717) is 17.8 Å². The van der Waals surface area contributed by atoms with Crippen molar-refractivity contribution >= 4 is 38.6 Å². The zero-order valence-electron chi connectivity index (χ0n) is 20.5. The van der Waals surface area contributed by atoms with Crippen LogP contribution < -0.4 is 20.1 Å². The SMILES string of the molecule is CCCS(=O)(=O)Nc1nc2ccccc2nc1OC(C1CCN(c2ccc(C(N)=O)cn2)CC1)C(F)(F)F. The van der Waals surface area contributed by atoms with Gasteiger partial charge in [-0.1, -0.05) is 19.1 Å². The van der Waals surface area contributed by atoms with Crippen LogP contribution >= 0.6 is 0 Å². The van der Waals surface area contributed by atoms with Gasteiger partial charge in [0.15, 0.2) is 6.10 Å². The van der Waals surface area contributed by atoms with Crippen LogP contribution in [0.2, 0.25) is 0 Å². The Bertz CT molecular complexity index is 1390. The number of benzene rings is 1. The quantitative estimate of drug-likeness (QED) is 0.411. The van der Waals surface area contributed by atoms with Gasteiger partial charge in [0.25, 0.3) is 5.88 Å². The summed E-state index contributed by atoms with van der Waals surface area (Å²) in [5.41, 5.74) is 6.03. The molecular weight excluding hydrogens is 525 g/mol. The molecule has 3 N–H and O–H groups in total. The van der Waals surface area contributed by atoms with Crippen molar-refractivity contribution in [2.75, 3.05) is 28.5 Å². The van der Waals surface area contributed by atoms with Crippen LogP contribution in [-0.4, -0.2) is 60.4 Å². The number of carbonyl (C=O) groups is 1. The van der Waals surface area contributed by atoms with Crippen molar-refractivity contribution in [1.82, 2.24) is 15.0 Å². The lowest BCUT2D eigenvalue weighted by molar-refractivity contribution is -0.212. The Morgan fingerprint density at radius 3 is 2.37 bits per heavy atom. The molecule has 0 aliphatic carbocycles. The summed E-state index contributed by atoms with van der Waals surface area (Å²) in [5, 5.41) is 0. The lowest BCUT2D eigenvalue weighted by atomic mass is 9.90. The van der Waals surface area contributed by atoms with E-state index in [-0.39, 0.29) is 48.6 Å². The zero-order chi connectivity index (χ0) is 27.5. The average molecular weight is 553 g/mol. The van der Waals surface area contributed by atoms with Crippen molar-refractivity contribution in [1.29, 1.82) is 0 Å². The first-order valence-corrected chi connectivity index (χ1v) is 13.6. The number of anilines is 2. The summed E-state index contributed by atoms with van der Waals surface area (Å²) in [5.74, 6) is -2.19. The monoisotopic (exact) mass is 552 g/mol. The third kappa shape index (κ3) is 6.41. The minimum atomic E-state index is -4.75. The number of halogens is 3. The molecule has 10 nitrogen and oxygen atoms in total. The van der Waals surface area contributed by atoms with E-state index in [4.69, 9.17) is 10.5 Å². The Kier molecular flexibility index (Phi) is 7.90. The summed E-state index contributed by atoms with van der Waals surface area (Å²) in [6.45, 7) is 2.20. The molecule has 0 bridgehead atoms. The molecule has 1 aliphatic heterocycles. The Hall–Kier alpha value is -3.68. The van der Waals surface area contributed by atoms with E-state index < -0.39 is 40.0 Å². The Morgan fingerprint density at radius 1 is 1.16 bits per heavy atom. The molecule has 2 aromatic heterocycles. The fourth-order valence-electron chi connectivity index (χ4n) is 4.30. The fourth-order valence-corrected chi connectivity index (χ4v) is 5.37. The van der Waals surface area contributed by atoms with E-state index in [1.54, 1.807) is 37.3 Å². The van der Waals surface area contributed by atoms with Crippen molar-refractivity contribution in [2.45, 2.75) is 38.5 Å². The number of piperidine rings is 1. The Morgan fingerprint density at radius 2 is 1.82 bits per heavy atom. The molecule has 1 unspecified atom stereocenters. The highest BCUT2D eigenvalue weighted by atomic mass is 32.2. The highest BCUT2D eigenvalue weighted by molar-refractivity contribution is 7.92. The maximum atomic E-state index is 14.3. The molecule has 1 fully saturated rings. The van der Waals surface area contributed by atoms with Crippen LogP contribution in [0.15, 0.2) is 42.6 Å². The summed E-state index contributed by atoms with van der Waals surface area (Å²) < 4.78 is 75.3. The molecule has 1 saturated heterocycles. The molecule has 38 heavy (non-hydrogen) atoms. The second kappa shape index (κ2) is 11.0. The first kappa shape index (κ1) is 27.4. The number of hydrogen-bond donors (Lipinski definition) is 2. The highest BCUT2D eigenvalue weighted by Crippen LogP contribution is 2.37. The van der Waals surface area contributed by atoms with Gasteiger partial charge in [-0.3, -0.25) is 9.52 Å². The zero-order valence-corrected chi connectivity index (χ0v) is 21.3. The Labute approximate surface area is 217 Å². The van der Waals surface area contributed by atoms with Crippen molar-refractivity contribution in [3.8, 4) is 5.88 Å². The second-order valence-electron chi connectivity index (χ2n) is 8.96. The molecule has 1 amide bonds. The summed E-state index contributed by atoms with van der Waals surface area (Å²) in [6.07, 6.45) is -5.11. The van der Waals surface area contributed by atoms with Crippen LogP contribution in [0.1, 0.15) is 36.5 Å². The topological polar surface area (TPSA) is 140 Å². The molecule has 1 aromatic carbocycles. The fraction of sp³-hybridized carbons (Fsp3) is 0.417. The minimum absolute atomic E-state index is 0.126. The number of amides is 1. The van der Waals surface area contributed by atoms with Gasteiger partial charge >= 0.3 is 6.18 Å². The number of ether oxygens (including phenoxy) is 1. The number of nitrogens with zero attached hydrogens (tertiary/aromatic N) is 4. The molecule has 4 rings (SSSR count). The number of fused-ring (bicyclic) bond motifs is 1. The average Bonchev–Trinajstić information content (AvgIpc) is 2.86. The van der Waals surface area contributed by atoms with E-state index in [1.807, 2.05) is 4.90 Å². The van der Waals surface area contributed by atoms with Crippen molar-refractivity contribution in [3.63, 3.8) is 0 Å². The number of sulfonamides is 1. The number of carbonyl (C=O) groups excluding carboxylic acids is 1.